The Balaban J connectivity index is -0.000000592. The van der Waals surface area contributed by atoms with Gasteiger partial charge in [0, 0.05) is 0 Å². The molecule has 0 fully saturated rings. The zero-order valence-electron chi connectivity index (χ0n) is 29.2. The topological polar surface area (TPSA) is 161 Å². The van der Waals surface area contributed by atoms with Gasteiger partial charge in [0.15, 0.2) is 0 Å². The second-order valence-corrected chi connectivity index (χ2v) is 15.9. The predicted molar refractivity (Wildman–Crippen MR) is 176 cm³/mol. The van der Waals surface area contributed by atoms with Crippen molar-refractivity contribution in [2.24, 2.45) is 11.8 Å². The van der Waals surface area contributed by atoms with Crippen molar-refractivity contribution in [2.75, 3.05) is 0 Å². The SMILES string of the molecule is CCCCC(CC)C/C(=C/C(=O)[O-])C(=O)[O-].CCCCC(CC)C/C(=C/C(=O)[O-])C(=O)[O-].CCCCC[CH2][Sn+4][CH2]CCCCC. The Bertz CT molecular complexity index is 756. The monoisotopic (exact) mass is 742 g/mol. The molecule has 0 spiro atoms. The average Bonchev–Trinajstić information content (AvgIpc) is 2.99. The Morgan fingerprint density at radius 3 is 1.09 bits per heavy atom. The van der Waals surface area contributed by atoms with Gasteiger partial charge in [-0.2, -0.15) is 0 Å². The van der Waals surface area contributed by atoms with Crippen LogP contribution in [-0.4, -0.2) is 45.0 Å². The molecule has 0 aromatic carbocycles. The summed E-state index contributed by atoms with van der Waals surface area (Å²) in [5, 5.41) is 42.0. The fourth-order valence-corrected chi connectivity index (χ4v) is 8.24. The molecular formula is C36H62O8Sn. The first kappa shape index (κ1) is 47.6. The van der Waals surface area contributed by atoms with Crippen LogP contribution in [0.5, 0.6) is 0 Å². The van der Waals surface area contributed by atoms with Crippen LogP contribution in [0.3, 0.4) is 0 Å². The van der Waals surface area contributed by atoms with Gasteiger partial charge in [0.2, 0.25) is 0 Å². The molecule has 0 saturated carbocycles. The quantitative estimate of drug-likeness (QED) is 0.0699. The maximum absolute atomic E-state index is 10.7. The molecule has 0 aliphatic heterocycles. The van der Waals surface area contributed by atoms with Crippen LogP contribution < -0.4 is 20.4 Å². The van der Waals surface area contributed by atoms with Crippen LogP contribution in [0.2, 0.25) is 8.87 Å². The van der Waals surface area contributed by atoms with Crippen LogP contribution in [-0.2, 0) is 19.2 Å². The van der Waals surface area contributed by atoms with Crippen LogP contribution in [0.15, 0.2) is 23.3 Å². The standard InChI is InChI=1S/2C12H20O4.2C6H13.Sn/c2*1-3-5-6-9(4-2)7-10(12(15)16)8-11(13)14;2*1-3-5-6-4-2;/h2*8-9H,3-7H2,1-2H3,(H,13,14)(H,15,16);2*1,3-6H2,2H3;/q;;;;+4/p-4/b2*10-8-;;;. The molecule has 9 heteroatoms. The van der Waals surface area contributed by atoms with Crippen molar-refractivity contribution < 1.29 is 39.6 Å². The fraction of sp³-hybridized carbons (Fsp3) is 0.778. The van der Waals surface area contributed by atoms with Gasteiger partial charge in [-0.25, -0.2) is 0 Å². The zero-order valence-corrected chi connectivity index (χ0v) is 32.1. The van der Waals surface area contributed by atoms with Gasteiger partial charge < -0.3 is 39.6 Å². The number of hydrogen-bond acceptors (Lipinski definition) is 8. The van der Waals surface area contributed by atoms with Gasteiger partial charge in [-0.05, 0) is 48.0 Å². The summed E-state index contributed by atoms with van der Waals surface area (Å²) in [5.41, 5.74) is -0.356. The number of carbonyl (C=O) groups is 4. The van der Waals surface area contributed by atoms with Crippen LogP contribution in [0.4, 0.5) is 0 Å². The number of unbranched alkanes of at least 4 members (excludes halogenated alkanes) is 8. The summed E-state index contributed by atoms with van der Waals surface area (Å²) < 4.78 is 3.30. The summed E-state index contributed by atoms with van der Waals surface area (Å²) in [6.07, 6.45) is 21.2. The Kier molecular flexibility index (Phi) is 37.0. The first-order chi connectivity index (χ1) is 21.4. The van der Waals surface area contributed by atoms with E-state index in [0.717, 1.165) is 51.4 Å². The van der Waals surface area contributed by atoms with Crippen molar-refractivity contribution in [1.82, 2.24) is 0 Å². The number of carboxylic acid groups (broad SMARTS) is 4. The molecule has 0 saturated heterocycles. The van der Waals surface area contributed by atoms with E-state index in [1.807, 2.05) is 13.8 Å². The van der Waals surface area contributed by atoms with Crippen LogP contribution >= 0.6 is 0 Å². The number of carbonyl (C=O) groups excluding carboxylic acids is 4. The fourth-order valence-electron chi connectivity index (χ4n) is 4.67. The summed E-state index contributed by atoms with van der Waals surface area (Å²) in [6.45, 7) is 12.6. The molecule has 8 nitrogen and oxygen atoms in total. The number of aliphatic carboxylic acids is 4. The van der Waals surface area contributed by atoms with Gasteiger partial charge >= 0.3 is 95.2 Å². The van der Waals surface area contributed by atoms with E-state index in [9.17, 15) is 39.6 Å². The van der Waals surface area contributed by atoms with Gasteiger partial charge in [0.05, 0.1) is 23.9 Å². The van der Waals surface area contributed by atoms with Crippen molar-refractivity contribution >= 4 is 45.0 Å². The van der Waals surface area contributed by atoms with E-state index in [1.165, 1.54) is 38.5 Å². The van der Waals surface area contributed by atoms with E-state index < -0.39 is 23.9 Å². The van der Waals surface area contributed by atoms with Gasteiger partial charge in [0.25, 0.3) is 0 Å². The molecule has 0 N–H and O–H groups in total. The van der Waals surface area contributed by atoms with Crippen LogP contribution in [0.25, 0.3) is 0 Å². The Labute approximate surface area is 284 Å². The number of rotatable bonds is 26. The molecule has 2 atom stereocenters. The van der Waals surface area contributed by atoms with E-state index in [0.29, 0.717) is 12.2 Å². The van der Waals surface area contributed by atoms with Crippen molar-refractivity contribution in [2.45, 2.75) is 166 Å². The second-order valence-electron chi connectivity index (χ2n) is 11.7. The van der Waals surface area contributed by atoms with E-state index >= 15 is 0 Å². The molecule has 258 valence electrons. The van der Waals surface area contributed by atoms with Gasteiger partial charge in [-0.1, -0.05) is 79.1 Å². The molecule has 0 aliphatic rings. The van der Waals surface area contributed by atoms with Crippen LogP contribution in [0, 0.1) is 11.8 Å². The van der Waals surface area contributed by atoms with E-state index in [1.54, 1.807) is 21.7 Å². The van der Waals surface area contributed by atoms with Crippen molar-refractivity contribution in [3.63, 3.8) is 0 Å². The summed E-state index contributed by atoms with van der Waals surface area (Å²) in [6, 6.07) is 0. The summed E-state index contributed by atoms with van der Waals surface area (Å²) in [7, 11) is 0. The maximum atomic E-state index is 10.7. The molecule has 0 amide bonds. The number of hydrogen-bond donors (Lipinski definition) is 0. The Hall–Kier alpha value is -1.84. The molecular weight excluding hydrogens is 679 g/mol. The molecule has 2 unspecified atom stereocenters. The van der Waals surface area contributed by atoms with Gasteiger partial charge in [-0.15, -0.1) is 0 Å². The average molecular weight is 742 g/mol. The van der Waals surface area contributed by atoms with E-state index in [4.69, 9.17) is 0 Å². The first-order valence-corrected chi connectivity index (χ1v) is 21.4. The molecule has 6 radical (unpaired) electrons. The summed E-state index contributed by atoms with van der Waals surface area (Å²) in [4.78, 5) is 42.0. The molecule has 0 aromatic rings. The molecule has 45 heavy (non-hydrogen) atoms. The van der Waals surface area contributed by atoms with Gasteiger partial charge in [0.1, 0.15) is 0 Å². The second kappa shape index (κ2) is 35.0. The van der Waals surface area contributed by atoms with E-state index in [-0.39, 0.29) is 57.0 Å². The Morgan fingerprint density at radius 2 is 0.844 bits per heavy atom. The zero-order chi connectivity index (χ0) is 34.9. The third-order valence-corrected chi connectivity index (χ3v) is 11.7. The Morgan fingerprint density at radius 1 is 0.511 bits per heavy atom. The summed E-state index contributed by atoms with van der Waals surface area (Å²) >= 11 is 0.104. The molecule has 0 rings (SSSR count). The minimum absolute atomic E-state index is 0.104. The van der Waals surface area contributed by atoms with Crippen molar-refractivity contribution in [1.29, 1.82) is 0 Å². The van der Waals surface area contributed by atoms with Crippen molar-refractivity contribution in [3.05, 3.63) is 23.3 Å². The molecule has 0 aromatic heterocycles. The predicted octanol–water partition coefficient (Wildman–Crippen LogP) is 4.73. The third kappa shape index (κ3) is 34.9. The third-order valence-electron chi connectivity index (χ3n) is 7.63. The summed E-state index contributed by atoms with van der Waals surface area (Å²) in [5.74, 6) is -5.40. The van der Waals surface area contributed by atoms with E-state index in [2.05, 4.69) is 27.7 Å². The van der Waals surface area contributed by atoms with Gasteiger partial charge in [-0.3, -0.25) is 0 Å². The van der Waals surface area contributed by atoms with Crippen LogP contribution in [0.1, 0.15) is 157 Å². The minimum atomic E-state index is -1.48. The molecule has 0 bridgehead atoms. The normalized spacial score (nSPS) is 12.7. The first-order valence-electron chi connectivity index (χ1n) is 17.4. The molecule has 0 heterocycles. The number of carboxylic acids is 4. The molecule has 0 aliphatic carbocycles. The van der Waals surface area contributed by atoms with Crippen molar-refractivity contribution in [3.8, 4) is 0 Å².